The molecule has 2 atom stereocenters. The first kappa shape index (κ1) is 16.7. The second kappa shape index (κ2) is 6.86. The van der Waals surface area contributed by atoms with E-state index in [2.05, 4.69) is 34.8 Å². The van der Waals surface area contributed by atoms with Crippen LogP contribution in [0.3, 0.4) is 0 Å². The summed E-state index contributed by atoms with van der Waals surface area (Å²) in [6, 6.07) is 13.1. The number of rotatable bonds is 4. The van der Waals surface area contributed by atoms with Gasteiger partial charge in [0.15, 0.2) is 17.5 Å². The van der Waals surface area contributed by atoms with Crippen molar-refractivity contribution in [3.8, 4) is 11.6 Å². The Labute approximate surface area is 152 Å². The highest BCUT2D eigenvalue weighted by atomic mass is 16.3. The van der Waals surface area contributed by atoms with Crippen LogP contribution in [0.25, 0.3) is 5.82 Å². The predicted molar refractivity (Wildman–Crippen MR) is 97.7 cm³/mol. The maximum atomic E-state index is 10.1. The van der Waals surface area contributed by atoms with E-state index in [1.165, 1.54) is 0 Å². The molecule has 1 aliphatic rings. The van der Waals surface area contributed by atoms with Crippen LogP contribution in [-0.4, -0.2) is 24.9 Å². The molecule has 0 amide bonds. The molecule has 3 aromatic rings. The van der Waals surface area contributed by atoms with Gasteiger partial charge in [0, 0.05) is 17.7 Å². The molecular formula is C19H22N6O. The Morgan fingerprint density at radius 1 is 1.08 bits per heavy atom. The maximum absolute atomic E-state index is 10.1. The smallest absolute Gasteiger partial charge is 0.155 e. The van der Waals surface area contributed by atoms with E-state index in [4.69, 9.17) is 4.98 Å². The van der Waals surface area contributed by atoms with Crippen molar-refractivity contribution < 1.29 is 5.11 Å². The van der Waals surface area contributed by atoms with Gasteiger partial charge in [-0.05, 0) is 24.6 Å². The number of hydrazine groups is 1. The SMILES string of the molecule is CC(C)c1nc(C2CC(c3ccccc3O)NN2)n(-c2ccccn2)n1. The van der Waals surface area contributed by atoms with Crippen molar-refractivity contribution in [3.63, 3.8) is 0 Å². The summed E-state index contributed by atoms with van der Waals surface area (Å²) >= 11 is 0. The number of aromatic hydroxyl groups is 1. The van der Waals surface area contributed by atoms with E-state index in [0.717, 1.165) is 29.5 Å². The molecule has 26 heavy (non-hydrogen) atoms. The lowest BCUT2D eigenvalue weighted by molar-refractivity contribution is 0.453. The monoisotopic (exact) mass is 350 g/mol. The highest BCUT2D eigenvalue weighted by Crippen LogP contribution is 2.34. The Balaban J connectivity index is 1.67. The van der Waals surface area contributed by atoms with Gasteiger partial charge in [0.2, 0.25) is 0 Å². The molecule has 1 saturated heterocycles. The van der Waals surface area contributed by atoms with E-state index >= 15 is 0 Å². The number of aromatic nitrogens is 4. The molecule has 0 bridgehead atoms. The molecule has 0 spiro atoms. The average Bonchev–Trinajstić information content (AvgIpc) is 3.30. The topological polar surface area (TPSA) is 87.9 Å². The van der Waals surface area contributed by atoms with E-state index in [-0.39, 0.29) is 18.0 Å². The second-order valence-corrected chi connectivity index (χ2v) is 6.77. The first-order chi connectivity index (χ1) is 12.6. The van der Waals surface area contributed by atoms with Crippen LogP contribution < -0.4 is 10.9 Å². The largest absolute Gasteiger partial charge is 0.508 e. The molecular weight excluding hydrogens is 328 g/mol. The van der Waals surface area contributed by atoms with E-state index in [1.807, 2.05) is 41.1 Å². The summed E-state index contributed by atoms with van der Waals surface area (Å²) in [4.78, 5) is 9.18. The lowest BCUT2D eigenvalue weighted by Crippen LogP contribution is -2.28. The number of hydrogen-bond donors (Lipinski definition) is 3. The fourth-order valence-electron chi connectivity index (χ4n) is 3.17. The van der Waals surface area contributed by atoms with Gasteiger partial charge in [-0.2, -0.15) is 4.68 Å². The predicted octanol–water partition coefficient (Wildman–Crippen LogP) is 2.77. The number of pyridine rings is 1. The Kier molecular flexibility index (Phi) is 4.40. The number of phenols is 1. The summed E-state index contributed by atoms with van der Waals surface area (Å²) in [5.41, 5.74) is 7.44. The highest BCUT2D eigenvalue weighted by Gasteiger charge is 2.32. The number of nitrogens with zero attached hydrogens (tertiary/aromatic N) is 4. The summed E-state index contributed by atoms with van der Waals surface area (Å²) < 4.78 is 1.81. The number of nitrogens with one attached hydrogen (secondary N) is 2. The molecule has 7 nitrogen and oxygen atoms in total. The Bertz CT molecular complexity index is 892. The summed E-state index contributed by atoms with van der Waals surface area (Å²) in [5, 5.41) is 14.8. The Hall–Kier alpha value is -2.77. The van der Waals surface area contributed by atoms with Crippen molar-refractivity contribution in [2.75, 3.05) is 0 Å². The standard InChI is InChI=1S/C19H22N6O/c1-12(2)18-21-19(25(24-18)17-9-5-6-10-20-17)15-11-14(22-23-15)13-7-3-4-8-16(13)26/h3-10,12,14-15,22-23,26H,11H2,1-2H3. The zero-order valence-electron chi connectivity index (χ0n) is 14.8. The van der Waals surface area contributed by atoms with Crippen molar-refractivity contribution in [3.05, 3.63) is 65.9 Å². The quantitative estimate of drug-likeness (QED) is 0.671. The van der Waals surface area contributed by atoms with Gasteiger partial charge in [0.05, 0.1) is 12.1 Å². The molecule has 4 rings (SSSR count). The lowest BCUT2D eigenvalue weighted by atomic mass is 10.0. The van der Waals surface area contributed by atoms with Crippen LogP contribution in [0.15, 0.2) is 48.7 Å². The van der Waals surface area contributed by atoms with E-state index in [0.29, 0.717) is 5.75 Å². The van der Waals surface area contributed by atoms with Crippen molar-refractivity contribution >= 4 is 0 Å². The van der Waals surface area contributed by atoms with Gasteiger partial charge in [0.1, 0.15) is 5.75 Å². The van der Waals surface area contributed by atoms with Crippen LogP contribution in [0, 0.1) is 0 Å². The van der Waals surface area contributed by atoms with Crippen molar-refractivity contribution in [1.29, 1.82) is 0 Å². The molecule has 0 saturated carbocycles. The number of para-hydroxylation sites is 1. The van der Waals surface area contributed by atoms with Crippen LogP contribution >= 0.6 is 0 Å². The molecule has 2 aromatic heterocycles. The molecule has 0 radical (unpaired) electrons. The van der Waals surface area contributed by atoms with Crippen LogP contribution in [0.5, 0.6) is 5.75 Å². The van der Waals surface area contributed by atoms with Crippen molar-refractivity contribution in [2.45, 2.75) is 38.3 Å². The third-order valence-electron chi connectivity index (χ3n) is 4.56. The molecule has 1 aromatic carbocycles. The number of phenolic OH excluding ortho intramolecular Hbond substituents is 1. The van der Waals surface area contributed by atoms with Crippen LogP contribution in [0.2, 0.25) is 0 Å². The normalized spacial score (nSPS) is 20.0. The van der Waals surface area contributed by atoms with Gasteiger partial charge < -0.3 is 5.11 Å². The first-order valence-corrected chi connectivity index (χ1v) is 8.80. The zero-order chi connectivity index (χ0) is 18.1. The Morgan fingerprint density at radius 3 is 2.58 bits per heavy atom. The fraction of sp³-hybridized carbons (Fsp3) is 0.316. The molecule has 1 fully saturated rings. The lowest BCUT2D eigenvalue weighted by Gasteiger charge is -2.11. The Morgan fingerprint density at radius 2 is 1.85 bits per heavy atom. The molecule has 7 heteroatoms. The minimum atomic E-state index is -0.0402. The van der Waals surface area contributed by atoms with E-state index in [1.54, 1.807) is 12.3 Å². The highest BCUT2D eigenvalue weighted by molar-refractivity contribution is 5.35. The molecule has 134 valence electrons. The van der Waals surface area contributed by atoms with Crippen LogP contribution in [-0.2, 0) is 0 Å². The molecule has 2 unspecified atom stereocenters. The third kappa shape index (κ3) is 3.07. The van der Waals surface area contributed by atoms with Gasteiger partial charge in [0.25, 0.3) is 0 Å². The van der Waals surface area contributed by atoms with E-state index in [9.17, 15) is 5.11 Å². The van der Waals surface area contributed by atoms with Crippen molar-refractivity contribution in [1.82, 2.24) is 30.6 Å². The molecule has 0 aliphatic carbocycles. The summed E-state index contributed by atoms with van der Waals surface area (Å²) in [6.45, 7) is 4.15. The third-order valence-corrected chi connectivity index (χ3v) is 4.56. The molecule has 3 N–H and O–H groups in total. The molecule has 1 aliphatic heterocycles. The summed E-state index contributed by atoms with van der Waals surface area (Å²) in [5.74, 6) is 2.87. The zero-order valence-corrected chi connectivity index (χ0v) is 14.8. The summed E-state index contributed by atoms with van der Waals surface area (Å²) in [7, 11) is 0. The first-order valence-electron chi connectivity index (χ1n) is 8.80. The minimum Gasteiger partial charge on any atom is -0.508 e. The molecule has 3 heterocycles. The number of hydrogen-bond acceptors (Lipinski definition) is 6. The van der Waals surface area contributed by atoms with Gasteiger partial charge in [-0.15, -0.1) is 5.10 Å². The second-order valence-electron chi connectivity index (χ2n) is 6.77. The van der Waals surface area contributed by atoms with Gasteiger partial charge in [-0.25, -0.2) is 20.8 Å². The maximum Gasteiger partial charge on any atom is 0.155 e. The minimum absolute atomic E-state index is 0.00224. The van der Waals surface area contributed by atoms with Crippen LogP contribution in [0.4, 0.5) is 0 Å². The van der Waals surface area contributed by atoms with Gasteiger partial charge in [-0.1, -0.05) is 38.1 Å². The van der Waals surface area contributed by atoms with Crippen molar-refractivity contribution in [2.24, 2.45) is 0 Å². The summed E-state index contributed by atoms with van der Waals surface area (Å²) in [6.07, 6.45) is 2.50. The van der Waals surface area contributed by atoms with Gasteiger partial charge in [-0.3, -0.25) is 0 Å². The van der Waals surface area contributed by atoms with E-state index < -0.39 is 0 Å². The van der Waals surface area contributed by atoms with Gasteiger partial charge >= 0.3 is 0 Å². The fourth-order valence-corrected chi connectivity index (χ4v) is 3.17. The number of benzene rings is 1. The van der Waals surface area contributed by atoms with Crippen LogP contribution in [0.1, 0.15) is 55.5 Å². The average molecular weight is 350 g/mol.